The van der Waals surface area contributed by atoms with Crippen LogP contribution in [0.25, 0.3) is 0 Å². The summed E-state index contributed by atoms with van der Waals surface area (Å²) in [6.45, 7) is 0.195. The first-order chi connectivity index (χ1) is 16.6. The molecule has 1 saturated carbocycles. The molecule has 3 aromatic rings. The average Bonchev–Trinajstić information content (AvgIpc) is 3.40. The summed E-state index contributed by atoms with van der Waals surface area (Å²) in [6, 6.07) is 8.36. The summed E-state index contributed by atoms with van der Waals surface area (Å²) < 4.78 is 28.4. The molecule has 0 unspecified atom stereocenters. The van der Waals surface area contributed by atoms with Crippen LogP contribution in [0, 0.1) is 5.92 Å². The Morgan fingerprint density at radius 2 is 2.03 bits per heavy atom. The van der Waals surface area contributed by atoms with Crippen LogP contribution in [0.3, 0.4) is 0 Å². The zero-order valence-electron chi connectivity index (χ0n) is 18.3. The number of aliphatic hydroxyl groups excluding tert-OH is 1. The smallest absolute Gasteiger partial charge is 0.333 e. The fourth-order valence-electron chi connectivity index (χ4n) is 4.04. The summed E-state index contributed by atoms with van der Waals surface area (Å²) in [5.74, 6) is -0.731. The van der Waals surface area contributed by atoms with Crippen LogP contribution in [-0.4, -0.2) is 52.8 Å². The number of pyridine rings is 1. The third-order valence-electron chi connectivity index (χ3n) is 5.73. The minimum atomic E-state index is -4.09. The van der Waals surface area contributed by atoms with Crippen molar-refractivity contribution in [2.45, 2.75) is 31.5 Å². The van der Waals surface area contributed by atoms with Gasteiger partial charge in [-0.2, -0.15) is 13.5 Å². The molecule has 186 valence electrons. The van der Waals surface area contributed by atoms with E-state index in [9.17, 15) is 18.3 Å². The fraction of sp³-hybridized carbons (Fsp3) is 0.318. The van der Waals surface area contributed by atoms with E-state index in [0.29, 0.717) is 40.7 Å². The SMILES string of the molecule is NS(=O)(=O)OC[C@H]1C[C@@H](Nc2ccncc2C(=O)c2ccn(Cc3ccc(Cl)c(Cl)c3)n2)C[C@@H]1O. The van der Waals surface area contributed by atoms with Gasteiger partial charge in [-0.3, -0.25) is 18.6 Å². The summed E-state index contributed by atoms with van der Waals surface area (Å²) in [5, 5.41) is 23.7. The summed E-state index contributed by atoms with van der Waals surface area (Å²) in [6.07, 6.45) is 4.72. The van der Waals surface area contributed by atoms with Crippen LogP contribution in [0.5, 0.6) is 0 Å². The maximum absolute atomic E-state index is 13.2. The molecular formula is C22H23Cl2N5O5S. The Hall–Kier alpha value is -2.54. The van der Waals surface area contributed by atoms with Crippen LogP contribution in [0.15, 0.2) is 48.9 Å². The van der Waals surface area contributed by atoms with Gasteiger partial charge in [0.25, 0.3) is 0 Å². The molecule has 0 radical (unpaired) electrons. The highest BCUT2D eigenvalue weighted by atomic mass is 35.5. The zero-order chi connectivity index (χ0) is 25.2. The first kappa shape index (κ1) is 25.5. The molecule has 2 aromatic heterocycles. The maximum atomic E-state index is 13.2. The lowest BCUT2D eigenvalue weighted by Crippen LogP contribution is -2.24. The summed E-state index contributed by atoms with van der Waals surface area (Å²) in [7, 11) is -4.09. The van der Waals surface area contributed by atoms with Crippen molar-refractivity contribution in [2.75, 3.05) is 11.9 Å². The molecule has 2 heterocycles. The van der Waals surface area contributed by atoms with E-state index in [1.54, 1.807) is 41.3 Å². The van der Waals surface area contributed by atoms with Crippen LogP contribution in [0.4, 0.5) is 5.69 Å². The van der Waals surface area contributed by atoms with Crippen molar-refractivity contribution in [1.29, 1.82) is 0 Å². The third-order valence-corrected chi connectivity index (χ3v) is 6.93. The van der Waals surface area contributed by atoms with E-state index in [2.05, 4.69) is 19.6 Å². The number of rotatable bonds is 9. The van der Waals surface area contributed by atoms with E-state index in [1.807, 2.05) is 6.07 Å². The molecule has 1 fully saturated rings. The molecule has 1 aliphatic carbocycles. The van der Waals surface area contributed by atoms with E-state index in [0.717, 1.165) is 5.56 Å². The lowest BCUT2D eigenvalue weighted by molar-refractivity contribution is 0.101. The molecule has 0 saturated heterocycles. The Bertz CT molecular complexity index is 1330. The first-order valence-electron chi connectivity index (χ1n) is 10.7. The number of halogens is 2. The van der Waals surface area contributed by atoms with E-state index in [-0.39, 0.29) is 24.1 Å². The van der Waals surface area contributed by atoms with Crippen LogP contribution >= 0.6 is 23.2 Å². The molecule has 0 spiro atoms. The molecule has 10 nitrogen and oxygen atoms in total. The quantitative estimate of drug-likeness (QED) is 0.351. The molecule has 1 aromatic carbocycles. The van der Waals surface area contributed by atoms with Gasteiger partial charge in [-0.15, -0.1) is 0 Å². The number of ketones is 1. The van der Waals surface area contributed by atoms with Crippen LogP contribution < -0.4 is 10.5 Å². The zero-order valence-corrected chi connectivity index (χ0v) is 20.7. The monoisotopic (exact) mass is 539 g/mol. The van der Waals surface area contributed by atoms with Gasteiger partial charge in [0.05, 0.1) is 34.9 Å². The first-order valence-corrected chi connectivity index (χ1v) is 12.9. The number of anilines is 1. The largest absolute Gasteiger partial charge is 0.393 e. The van der Waals surface area contributed by atoms with E-state index in [4.69, 9.17) is 28.3 Å². The van der Waals surface area contributed by atoms with E-state index < -0.39 is 22.3 Å². The predicted molar refractivity (Wildman–Crippen MR) is 131 cm³/mol. The third kappa shape index (κ3) is 6.57. The summed E-state index contributed by atoms with van der Waals surface area (Å²) in [5.41, 5.74) is 1.98. The van der Waals surface area contributed by atoms with Gasteiger partial charge in [0.1, 0.15) is 5.69 Å². The van der Waals surface area contributed by atoms with Crippen LogP contribution in [0.2, 0.25) is 10.0 Å². The van der Waals surface area contributed by atoms with Crippen molar-refractivity contribution in [3.63, 3.8) is 0 Å². The second-order valence-electron chi connectivity index (χ2n) is 8.31. The summed E-state index contributed by atoms with van der Waals surface area (Å²) >= 11 is 12.0. The molecule has 13 heteroatoms. The van der Waals surface area contributed by atoms with E-state index in [1.165, 1.54) is 6.20 Å². The van der Waals surface area contributed by atoms with Gasteiger partial charge >= 0.3 is 10.3 Å². The van der Waals surface area contributed by atoms with Gasteiger partial charge in [-0.1, -0.05) is 29.3 Å². The van der Waals surface area contributed by atoms with Crippen molar-refractivity contribution in [3.05, 3.63) is 75.8 Å². The Balaban J connectivity index is 1.44. The lowest BCUT2D eigenvalue weighted by Gasteiger charge is -2.16. The predicted octanol–water partition coefficient (Wildman–Crippen LogP) is 2.64. The molecule has 0 amide bonds. The minimum Gasteiger partial charge on any atom is -0.393 e. The number of benzene rings is 1. The van der Waals surface area contributed by atoms with Gasteiger partial charge in [-0.05, 0) is 42.7 Å². The number of carbonyl (C=O) groups is 1. The number of aromatic nitrogens is 3. The van der Waals surface area contributed by atoms with Crippen molar-refractivity contribution < 1.29 is 22.5 Å². The number of nitrogens with zero attached hydrogens (tertiary/aromatic N) is 3. The van der Waals surface area contributed by atoms with Crippen molar-refractivity contribution in [2.24, 2.45) is 11.1 Å². The average molecular weight is 540 g/mol. The van der Waals surface area contributed by atoms with Crippen LogP contribution in [0.1, 0.15) is 34.5 Å². The molecule has 3 atom stereocenters. The Labute approximate surface area is 212 Å². The topological polar surface area (TPSA) is 149 Å². The minimum absolute atomic E-state index is 0.208. The normalized spacial score (nSPS) is 20.2. The van der Waals surface area contributed by atoms with Crippen molar-refractivity contribution in [3.8, 4) is 0 Å². The molecule has 0 aliphatic heterocycles. The number of nitrogens with one attached hydrogen (secondary N) is 1. The van der Waals surface area contributed by atoms with Gasteiger partial charge in [0.15, 0.2) is 0 Å². The molecule has 4 N–H and O–H groups in total. The fourth-order valence-corrected chi connectivity index (χ4v) is 4.72. The van der Waals surface area contributed by atoms with Gasteiger partial charge in [0, 0.05) is 36.2 Å². The number of hydrogen-bond acceptors (Lipinski definition) is 8. The van der Waals surface area contributed by atoms with Crippen molar-refractivity contribution >= 4 is 45.0 Å². The van der Waals surface area contributed by atoms with Crippen LogP contribution in [-0.2, 0) is 21.0 Å². The number of nitrogens with two attached hydrogens (primary N) is 1. The molecular weight excluding hydrogens is 517 g/mol. The van der Waals surface area contributed by atoms with Gasteiger partial charge in [-0.25, -0.2) is 5.14 Å². The Kier molecular flexibility index (Phi) is 7.74. The van der Waals surface area contributed by atoms with E-state index >= 15 is 0 Å². The number of hydrogen-bond donors (Lipinski definition) is 3. The van der Waals surface area contributed by atoms with Gasteiger partial charge in [0.2, 0.25) is 5.78 Å². The molecule has 4 rings (SSSR count). The van der Waals surface area contributed by atoms with Gasteiger partial charge < -0.3 is 10.4 Å². The second kappa shape index (κ2) is 10.6. The highest BCUT2D eigenvalue weighted by Crippen LogP contribution is 2.30. The maximum Gasteiger partial charge on any atom is 0.333 e. The second-order valence-corrected chi connectivity index (χ2v) is 10.4. The standard InChI is InChI=1S/C22H23Cl2N5O5S/c23-17-2-1-13(7-18(17)24)11-29-6-4-20(28-29)22(31)16-10-26-5-3-19(16)27-15-8-14(21(30)9-15)12-34-35(25,32)33/h1-7,10,14-15,21,30H,8-9,11-12H2,(H,26,27)(H2,25,32,33)/t14-,15-,21+/m1/s1. The van der Waals surface area contributed by atoms with Crippen molar-refractivity contribution in [1.82, 2.24) is 14.8 Å². The Morgan fingerprint density at radius 3 is 2.77 bits per heavy atom. The number of carbonyl (C=O) groups excluding carboxylic acids is 1. The summed E-state index contributed by atoms with van der Waals surface area (Å²) in [4.78, 5) is 17.3. The number of aliphatic hydroxyl groups is 1. The molecule has 1 aliphatic rings. The lowest BCUT2D eigenvalue weighted by atomic mass is 10.1. The molecule has 35 heavy (non-hydrogen) atoms. The highest BCUT2D eigenvalue weighted by Gasteiger charge is 2.34. The Morgan fingerprint density at radius 1 is 1.23 bits per heavy atom. The highest BCUT2D eigenvalue weighted by molar-refractivity contribution is 7.84. The molecule has 0 bridgehead atoms.